The highest BCUT2D eigenvalue weighted by Gasteiger charge is 2.44. The van der Waals surface area contributed by atoms with E-state index in [0.717, 1.165) is 45.4 Å². The molecule has 1 amide bonds. The van der Waals surface area contributed by atoms with Crippen molar-refractivity contribution < 1.29 is 4.79 Å². The van der Waals surface area contributed by atoms with Crippen molar-refractivity contribution in [2.24, 2.45) is 0 Å². The first-order chi connectivity index (χ1) is 8.72. The monoisotopic (exact) mass is 247 g/mol. The van der Waals surface area contributed by atoms with E-state index in [1.54, 1.807) is 0 Å². The number of nitrogens with zero attached hydrogens (tertiary/aromatic N) is 3. The lowest BCUT2D eigenvalue weighted by Crippen LogP contribution is -2.56. The molecule has 2 rings (SSSR count). The molecule has 1 spiro atoms. The highest BCUT2D eigenvalue weighted by molar-refractivity contribution is 5.78. The van der Waals surface area contributed by atoms with Crippen LogP contribution in [0, 0.1) is 11.3 Å². The average molecular weight is 247 g/mol. The fourth-order valence-corrected chi connectivity index (χ4v) is 3.40. The van der Waals surface area contributed by atoms with E-state index in [1.807, 2.05) is 17.0 Å². The number of likely N-dealkylation sites (tertiary alicyclic amines) is 2. The molecule has 4 nitrogen and oxygen atoms in total. The number of hydrogen-bond acceptors (Lipinski definition) is 3. The van der Waals surface area contributed by atoms with E-state index < -0.39 is 0 Å². The fourth-order valence-electron chi connectivity index (χ4n) is 3.40. The Balaban J connectivity index is 2.07. The van der Waals surface area contributed by atoms with Gasteiger partial charge in [-0.2, -0.15) is 5.26 Å². The van der Waals surface area contributed by atoms with E-state index in [-0.39, 0.29) is 17.9 Å². The number of amides is 1. The quantitative estimate of drug-likeness (QED) is 0.711. The maximum atomic E-state index is 11.9. The van der Waals surface area contributed by atoms with Gasteiger partial charge in [-0.25, -0.2) is 0 Å². The van der Waals surface area contributed by atoms with E-state index in [2.05, 4.69) is 11.5 Å². The van der Waals surface area contributed by atoms with Crippen molar-refractivity contribution in [3.63, 3.8) is 0 Å². The summed E-state index contributed by atoms with van der Waals surface area (Å²) in [4.78, 5) is 16.2. The van der Waals surface area contributed by atoms with Crippen LogP contribution in [-0.2, 0) is 4.79 Å². The van der Waals surface area contributed by atoms with Gasteiger partial charge in [0.05, 0.1) is 6.07 Å². The standard InChI is InChI=1S/C14H21N3O/c1-2-9-17-11-4-7-14(17)6-3-10-16(12-14)13(18)5-8-15/h2H,1,3-7,9-12H2/t14-/m0/s1. The first kappa shape index (κ1) is 13.1. The molecule has 0 aromatic heterocycles. The molecule has 0 bridgehead atoms. The highest BCUT2D eigenvalue weighted by Crippen LogP contribution is 2.37. The van der Waals surface area contributed by atoms with Gasteiger partial charge in [-0.1, -0.05) is 6.08 Å². The zero-order valence-electron chi connectivity index (χ0n) is 10.9. The lowest BCUT2D eigenvalue weighted by molar-refractivity contribution is -0.133. The molecule has 98 valence electrons. The molecule has 0 aliphatic carbocycles. The van der Waals surface area contributed by atoms with Gasteiger partial charge in [0.2, 0.25) is 5.91 Å². The first-order valence-corrected chi connectivity index (χ1v) is 6.72. The molecule has 0 saturated carbocycles. The van der Waals surface area contributed by atoms with Crippen molar-refractivity contribution >= 4 is 5.91 Å². The molecule has 0 N–H and O–H groups in total. The van der Waals surface area contributed by atoms with Crippen molar-refractivity contribution in [3.8, 4) is 6.07 Å². The molecule has 2 aliphatic heterocycles. The molecule has 18 heavy (non-hydrogen) atoms. The molecule has 4 heteroatoms. The summed E-state index contributed by atoms with van der Waals surface area (Å²) in [6.07, 6.45) is 6.54. The lowest BCUT2D eigenvalue weighted by Gasteiger charge is -2.45. The van der Waals surface area contributed by atoms with E-state index in [4.69, 9.17) is 5.26 Å². The molecule has 2 aliphatic rings. The third-order valence-electron chi connectivity index (χ3n) is 4.23. The number of carbonyl (C=O) groups is 1. The number of piperidine rings is 1. The minimum absolute atomic E-state index is 0.0114. The third kappa shape index (κ3) is 2.41. The number of carbonyl (C=O) groups excluding carboxylic acids is 1. The summed E-state index contributed by atoms with van der Waals surface area (Å²) in [6, 6.07) is 1.96. The summed E-state index contributed by atoms with van der Waals surface area (Å²) in [7, 11) is 0. The zero-order valence-corrected chi connectivity index (χ0v) is 10.9. The van der Waals surface area contributed by atoms with Gasteiger partial charge >= 0.3 is 0 Å². The molecule has 0 radical (unpaired) electrons. The Morgan fingerprint density at radius 3 is 2.78 bits per heavy atom. The SMILES string of the molecule is C=CCN1CCC[C@]12CCCN(C(=O)CC#N)C2. The molecule has 2 saturated heterocycles. The van der Waals surface area contributed by atoms with E-state index in [0.29, 0.717) is 0 Å². The van der Waals surface area contributed by atoms with Crippen LogP contribution in [0.3, 0.4) is 0 Å². The molecular formula is C14H21N3O. The Morgan fingerprint density at radius 2 is 2.11 bits per heavy atom. The Morgan fingerprint density at radius 1 is 1.39 bits per heavy atom. The van der Waals surface area contributed by atoms with Crippen LogP contribution in [0.2, 0.25) is 0 Å². The maximum absolute atomic E-state index is 11.9. The largest absolute Gasteiger partial charge is 0.340 e. The average Bonchev–Trinajstić information content (AvgIpc) is 2.73. The second kappa shape index (κ2) is 5.53. The van der Waals surface area contributed by atoms with Crippen molar-refractivity contribution in [1.82, 2.24) is 9.80 Å². The van der Waals surface area contributed by atoms with Gasteiger partial charge in [-0.05, 0) is 32.2 Å². The third-order valence-corrected chi connectivity index (χ3v) is 4.23. The fraction of sp³-hybridized carbons (Fsp3) is 0.714. The predicted molar refractivity (Wildman–Crippen MR) is 69.8 cm³/mol. The van der Waals surface area contributed by atoms with E-state index >= 15 is 0 Å². The second-order valence-electron chi connectivity index (χ2n) is 5.32. The summed E-state index contributed by atoms with van der Waals surface area (Å²) in [5.74, 6) is -0.0120. The minimum Gasteiger partial charge on any atom is -0.340 e. The zero-order chi connectivity index (χ0) is 13.0. The number of rotatable bonds is 3. The van der Waals surface area contributed by atoms with Crippen LogP contribution in [-0.4, -0.2) is 47.4 Å². The van der Waals surface area contributed by atoms with Gasteiger partial charge < -0.3 is 4.90 Å². The van der Waals surface area contributed by atoms with Crippen molar-refractivity contribution in [2.75, 3.05) is 26.2 Å². The smallest absolute Gasteiger partial charge is 0.236 e. The van der Waals surface area contributed by atoms with Gasteiger partial charge in [0.25, 0.3) is 0 Å². The van der Waals surface area contributed by atoms with Gasteiger partial charge in [0.1, 0.15) is 6.42 Å². The Hall–Kier alpha value is -1.34. The molecular weight excluding hydrogens is 226 g/mol. The van der Waals surface area contributed by atoms with Gasteiger partial charge in [0, 0.05) is 25.2 Å². The molecule has 2 fully saturated rings. The molecule has 0 aromatic rings. The summed E-state index contributed by atoms with van der Waals surface area (Å²) < 4.78 is 0. The Kier molecular flexibility index (Phi) is 4.03. The van der Waals surface area contributed by atoms with Crippen LogP contribution in [0.4, 0.5) is 0 Å². The Bertz CT molecular complexity index is 374. The number of hydrogen-bond donors (Lipinski definition) is 0. The van der Waals surface area contributed by atoms with Crippen LogP contribution >= 0.6 is 0 Å². The van der Waals surface area contributed by atoms with Gasteiger partial charge in [-0.3, -0.25) is 9.69 Å². The number of nitriles is 1. The molecule has 1 atom stereocenters. The summed E-state index contributed by atoms with van der Waals surface area (Å²) in [5, 5.41) is 8.64. The highest BCUT2D eigenvalue weighted by atomic mass is 16.2. The second-order valence-corrected chi connectivity index (χ2v) is 5.32. The Labute approximate surface area is 109 Å². The van der Waals surface area contributed by atoms with Crippen LogP contribution in [0.1, 0.15) is 32.1 Å². The predicted octanol–water partition coefficient (Wildman–Crippen LogP) is 1.54. The van der Waals surface area contributed by atoms with Crippen LogP contribution in [0.25, 0.3) is 0 Å². The molecule has 2 heterocycles. The first-order valence-electron chi connectivity index (χ1n) is 6.72. The van der Waals surface area contributed by atoms with Crippen molar-refractivity contribution in [2.45, 2.75) is 37.6 Å². The van der Waals surface area contributed by atoms with Crippen molar-refractivity contribution in [1.29, 1.82) is 5.26 Å². The topological polar surface area (TPSA) is 47.3 Å². The molecule has 0 unspecified atom stereocenters. The van der Waals surface area contributed by atoms with E-state index in [1.165, 1.54) is 6.42 Å². The van der Waals surface area contributed by atoms with E-state index in [9.17, 15) is 4.79 Å². The minimum atomic E-state index is -0.0120. The van der Waals surface area contributed by atoms with Gasteiger partial charge in [0.15, 0.2) is 0 Å². The molecule has 0 aromatic carbocycles. The summed E-state index contributed by atoms with van der Waals surface area (Å²) in [5.41, 5.74) is 0.150. The normalized spacial score (nSPS) is 28.3. The van der Waals surface area contributed by atoms with Crippen molar-refractivity contribution in [3.05, 3.63) is 12.7 Å². The van der Waals surface area contributed by atoms with Crippen LogP contribution in [0.15, 0.2) is 12.7 Å². The van der Waals surface area contributed by atoms with Crippen LogP contribution in [0.5, 0.6) is 0 Å². The lowest BCUT2D eigenvalue weighted by atomic mass is 9.86. The van der Waals surface area contributed by atoms with Gasteiger partial charge in [-0.15, -0.1) is 6.58 Å². The van der Waals surface area contributed by atoms with Crippen LogP contribution < -0.4 is 0 Å². The maximum Gasteiger partial charge on any atom is 0.236 e. The summed E-state index contributed by atoms with van der Waals surface area (Å²) in [6.45, 7) is 7.43. The summed E-state index contributed by atoms with van der Waals surface area (Å²) >= 11 is 0.